The number of para-hydroxylation sites is 2. The molecule has 4 nitrogen and oxygen atoms in total. The summed E-state index contributed by atoms with van der Waals surface area (Å²) in [5.74, 6) is 0.516. The molecule has 1 aliphatic rings. The van der Waals surface area contributed by atoms with Crippen LogP contribution in [0.4, 0.5) is 5.69 Å². The van der Waals surface area contributed by atoms with E-state index in [0.717, 1.165) is 5.69 Å². The number of hydrogen-bond donors (Lipinski definition) is 0. The standard InChI is InChI=1S/C12H13NO3/c1-16-11-5-3-2-4-10(11)13-7-6-9(14)8-12(13)15/h2-5H,6-8H2,1H3. The van der Waals surface area contributed by atoms with Crippen LogP contribution in [0.5, 0.6) is 5.75 Å². The van der Waals surface area contributed by atoms with E-state index >= 15 is 0 Å². The molecule has 0 bridgehead atoms. The van der Waals surface area contributed by atoms with Gasteiger partial charge in [0, 0.05) is 13.0 Å². The molecule has 0 saturated carbocycles. The maximum Gasteiger partial charge on any atom is 0.234 e. The van der Waals surface area contributed by atoms with Gasteiger partial charge in [0.1, 0.15) is 11.5 Å². The fraction of sp³-hybridized carbons (Fsp3) is 0.333. The molecule has 1 aromatic carbocycles. The molecular weight excluding hydrogens is 206 g/mol. The van der Waals surface area contributed by atoms with Gasteiger partial charge in [0.25, 0.3) is 0 Å². The number of carbonyl (C=O) groups is 2. The number of amides is 1. The van der Waals surface area contributed by atoms with Gasteiger partial charge in [0.05, 0.1) is 19.2 Å². The van der Waals surface area contributed by atoms with E-state index in [2.05, 4.69) is 0 Å². The van der Waals surface area contributed by atoms with E-state index in [9.17, 15) is 9.59 Å². The third kappa shape index (κ3) is 1.91. The van der Waals surface area contributed by atoms with Crippen LogP contribution in [0.25, 0.3) is 0 Å². The molecule has 1 amide bonds. The lowest BCUT2D eigenvalue weighted by atomic mass is 10.1. The number of ketones is 1. The summed E-state index contributed by atoms with van der Waals surface area (Å²) < 4.78 is 5.19. The highest BCUT2D eigenvalue weighted by Gasteiger charge is 2.26. The molecule has 1 heterocycles. The summed E-state index contributed by atoms with van der Waals surface area (Å²) >= 11 is 0. The molecule has 1 aliphatic heterocycles. The minimum Gasteiger partial charge on any atom is -0.495 e. The first-order chi connectivity index (χ1) is 7.72. The van der Waals surface area contributed by atoms with Gasteiger partial charge in [0.2, 0.25) is 5.91 Å². The monoisotopic (exact) mass is 219 g/mol. The van der Waals surface area contributed by atoms with Gasteiger partial charge >= 0.3 is 0 Å². The Kier molecular flexibility index (Phi) is 2.90. The topological polar surface area (TPSA) is 46.6 Å². The summed E-state index contributed by atoms with van der Waals surface area (Å²) in [6.07, 6.45) is 0.418. The molecule has 16 heavy (non-hydrogen) atoms. The van der Waals surface area contributed by atoms with E-state index in [-0.39, 0.29) is 18.1 Å². The molecule has 2 rings (SSSR count). The zero-order valence-corrected chi connectivity index (χ0v) is 9.10. The van der Waals surface area contributed by atoms with Crippen molar-refractivity contribution in [3.63, 3.8) is 0 Å². The van der Waals surface area contributed by atoms with Crippen molar-refractivity contribution in [2.24, 2.45) is 0 Å². The Bertz CT molecular complexity index is 428. The van der Waals surface area contributed by atoms with Gasteiger partial charge in [-0.1, -0.05) is 12.1 Å². The molecule has 1 fully saturated rings. The van der Waals surface area contributed by atoms with Gasteiger partial charge in [-0.15, -0.1) is 0 Å². The molecule has 0 spiro atoms. The van der Waals surface area contributed by atoms with Gasteiger partial charge in [-0.2, -0.15) is 0 Å². The Balaban J connectivity index is 2.30. The summed E-state index contributed by atoms with van der Waals surface area (Å²) in [4.78, 5) is 24.5. The highest BCUT2D eigenvalue weighted by molar-refractivity contribution is 6.09. The van der Waals surface area contributed by atoms with E-state index in [4.69, 9.17) is 4.74 Å². The summed E-state index contributed by atoms with van der Waals surface area (Å²) in [5, 5.41) is 0. The molecule has 0 radical (unpaired) electrons. The van der Waals surface area contributed by atoms with Crippen LogP contribution >= 0.6 is 0 Å². The van der Waals surface area contributed by atoms with Crippen molar-refractivity contribution in [1.29, 1.82) is 0 Å². The third-order valence-electron chi connectivity index (χ3n) is 2.64. The smallest absolute Gasteiger partial charge is 0.234 e. The van der Waals surface area contributed by atoms with Crippen LogP contribution < -0.4 is 9.64 Å². The lowest BCUT2D eigenvalue weighted by Crippen LogP contribution is -2.39. The van der Waals surface area contributed by atoms with Crippen LogP contribution in [0.3, 0.4) is 0 Å². The number of Topliss-reactive ketones (excluding diaryl/α,β-unsaturated/α-hetero) is 1. The summed E-state index contributed by atoms with van der Waals surface area (Å²) in [7, 11) is 1.57. The summed E-state index contributed by atoms with van der Waals surface area (Å²) in [6, 6.07) is 7.33. The van der Waals surface area contributed by atoms with E-state index in [1.54, 1.807) is 18.1 Å². The molecule has 0 N–H and O–H groups in total. The average Bonchev–Trinajstić information content (AvgIpc) is 2.29. The van der Waals surface area contributed by atoms with Crippen LogP contribution in [0.2, 0.25) is 0 Å². The Hall–Kier alpha value is -1.84. The number of carbonyl (C=O) groups excluding carboxylic acids is 2. The Morgan fingerprint density at radius 2 is 2.00 bits per heavy atom. The number of ether oxygens (including phenoxy) is 1. The minimum atomic E-state index is -0.152. The van der Waals surface area contributed by atoms with E-state index < -0.39 is 0 Å². The molecule has 0 atom stereocenters. The van der Waals surface area contributed by atoms with Crippen LogP contribution in [0, 0.1) is 0 Å². The zero-order valence-electron chi connectivity index (χ0n) is 9.10. The van der Waals surface area contributed by atoms with Gasteiger partial charge in [-0.25, -0.2) is 0 Å². The van der Waals surface area contributed by atoms with Gasteiger partial charge in [-0.05, 0) is 12.1 Å². The van der Waals surface area contributed by atoms with Crippen LogP contribution in [-0.2, 0) is 9.59 Å². The van der Waals surface area contributed by atoms with Crippen LogP contribution in [0.1, 0.15) is 12.8 Å². The largest absolute Gasteiger partial charge is 0.495 e. The molecule has 1 saturated heterocycles. The second kappa shape index (κ2) is 4.35. The first-order valence-corrected chi connectivity index (χ1v) is 5.17. The number of rotatable bonds is 2. The van der Waals surface area contributed by atoms with Gasteiger partial charge in [-0.3, -0.25) is 9.59 Å². The van der Waals surface area contributed by atoms with E-state index in [0.29, 0.717) is 18.7 Å². The molecule has 4 heteroatoms. The van der Waals surface area contributed by atoms with Crippen LogP contribution in [-0.4, -0.2) is 25.3 Å². The first kappa shape index (κ1) is 10.7. The maximum absolute atomic E-state index is 11.7. The fourth-order valence-electron chi connectivity index (χ4n) is 1.82. The maximum atomic E-state index is 11.7. The van der Waals surface area contributed by atoms with Crippen molar-refractivity contribution in [2.45, 2.75) is 12.8 Å². The molecular formula is C12H13NO3. The summed E-state index contributed by atoms with van der Waals surface area (Å²) in [5.41, 5.74) is 0.738. The van der Waals surface area contributed by atoms with Crippen molar-refractivity contribution in [1.82, 2.24) is 0 Å². The Labute approximate surface area is 93.8 Å². The Morgan fingerprint density at radius 1 is 1.25 bits per heavy atom. The number of hydrogen-bond acceptors (Lipinski definition) is 3. The van der Waals surface area contributed by atoms with Gasteiger partial charge < -0.3 is 9.64 Å². The van der Waals surface area contributed by atoms with E-state index in [1.807, 2.05) is 18.2 Å². The molecule has 0 aliphatic carbocycles. The van der Waals surface area contributed by atoms with Crippen molar-refractivity contribution < 1.29 is 14.3 Å². The first-order valence-electron chi connectivity index (χ1n) is 5.17. The number of anilines is 1. The number of nitrogens with zero attached hydrogens (tertiary/aromatic N) is 1. The lowest BCUT2D eigenvalue weighted by molar-refractivity contribution is -0.128. The highest BCUT2D eigenvalue weighted by Crippen LogP contribution is 2.29. The zero-order chi connectivity index (χ0) is 11.5. The van der Waals surface area contributed by atoms with Crippen molar-refractivity contribution in [3.8, 4) is 5.75 Å². The predicted octanol–water partition coefficient (Wildman–Crippen LogP) is 1.39. The van der Waals surface area contributed by atoms with Crippen molar-refractivity contribution in [2.75, 3.05) is 18.6 Å². The van der Waals surface area contributed by atoms with Gasteiger partial charge in [0.15, 0.2) is 0 Å². The van der Waals surface area contributed by atoms with Crippen LogP contribution in [0.15, 0.2) is 24.3 Å². The number of methoxy groups -OCH3 is 1. The molecule has 84 valence electrons. The minimum absolute atomic E-state index is 0.00194. The fourth-order valence-corrected chi connectivity index (χ4v) is 1.82. The second-order valence-electron chi connectivity index (χ2n) is 3.68. The predicted molar refractivity (Wildman–Crippen MR) is 59.6 cm³/mol. The second-order valence-corrected chi connectivity index (χ2v) is 3.68. The lowest BCUT2D eigenvalue weighted by Gasteiger charge is -2.27. The molecule has 1 aromatic rings. The number of benzene rings is 1. The normalized spacial score (nSPS) is 16.4. The van der Waals surface area contributed by atoms with E-state index in [1.165, 1.54) is 0 Å². The average molecular weight is 219 g/mol. The number of piperidine rings is 1. The highest BCUT2D eigenvalue weighted by atomic mass is 16.5. The quantitative estimate of drug-likeness (QED) is 0.706. The third-order valence-corrected chi connectivity index (χ3v) is 2.64. The van der Waals surface area contributed by atoms with Crippen molar-refractivity contribution in [3.05, 3.63) is 24.3 Å². The Morgan fingerprint density at radius 3 is 2.69 bits per heavy atom. The SMILES string of the molecule is COc1ccccc1N1CCC(=O)CC1=O. The summed E-state index contributed by atoms with van der Waals surface area (Å²) in [6.45, 7) is 0.442. The molecule has 0 unspecified atom stereocenters. The molecule has 0 aromatic heterocycles. The van der Waals surface area contributed by atoms with Crippen molar-refractivity contribution >= 4 is 17.4 Å².